The van der Waals surface area contributed by atoms with E-state index < -0.39 is 0 Å². The topological polar surface area (TPSA) is 0 Å². The Bertz CT molecular complexity index is 243. The Labute approximate surface area is 84.3 Å². The van der Waals surface area contributed by atoms with Crippen LogP contribution in [-0.4, -0.2) is 0 Å². The van der Waals surface area contributed by atoms with Crippen molar-refractivity contribution in [2.75, 3.05) is 0 Å². The lowest BCUT2D eigenvalue weighted by molar-refractivity contribution is 1.13. The van der Waals surface area contributed by atoms with E-state index in [4.69, 9.17) is 0 Å². The molecule has 0 N–H and O–H groups in total. The van der Waals surface area contributed by atoms with Gasteiger partial charge in [-0.15, -0.1) is 0 Å². The van der Waals surface area contributed by atoms with Gasteiger partial charge in [-0.3, -0.25) is 0 Å². The Kier molecular flexibility index (Phi) is 3.60. The number of benzene rings is 1. The summed E-state index contributed by atoms with van der Waals surface area (Å²) in [6.07, 6.45) is 1.10. The van der Waals surface area contributed by atoms with Gasteiger partial charge in [-0.25, -0.2) is 0 Å². The SMILES string of the molecule is CCc1ccc(CBr)c(Br)c1. The van der Waals surface area contributed by atoms with E-state index in [0.29, 0.717) is 0 Å². The molecule has 0 nitrogen and oxygen atoms in total. The normalized spacial score (nSPS) is 10.1. The van der Waals surface area contributed by atoms with Crippen LogP contribution in [0.3, 0.4) is 0 Å². The first-order valence-electron chi connectivity index (χ1n) is 3.61. The Morgan fingerprint density at radius 3 is 2.55 bits per heavy atom. The highest BCUT2D eigenvalue weighted by Gasteiger charge is 1.97. The average molecular weight is 278 g/mol. The lowest BCUT2D eigenvalue weighted by atomic mass is 10.1. The largest absolute Gasteiger partial charge is 0.0876 e. The van der Waals surface area contributed by atoms with Gasteiger partial charge < -0.3 is 0 Å². The molecule has 0 saturated carbocycles. The number of hydrogen-bond donors (Lipinski definition) is 0. The molecule has 0 spiro atoms. The molecule has 0 unspecified atom stereocenters. The summed E-state index contributed by atoms with van der Waals surface area (Å²) in [6, 6.07) is 6.50. The lowest BCUT2D eigenvalue weighted by Gasteiger charge is -2.01. The third-order valence-electron chi connectivity index (χ3n) is 1.67. The van der Waals surface area contributed by atoms with E-state index in [2.05, 4.69) is 57.0 Å². The number of alkyl halides is 1. The predicted octanol–water partition coefficient (Wildman–Crippen LogP) is 3.91. The molecule has 0 aliphatic carbocycles. The fourth-order valence-electron chi connectivity index (χ4n) is 0.919. The number of aryl methyl sites for hydroxylation is 1. The van der Waals surface area contributed by atoms with Gasteiger partial charge in [-0.05, 0) is 23.6 Å². The third-order valence-corrected chi connectivity index (χ3v) is 3.01. The minimum absolute atomic E-state index is 0.914. The van der Waals surface area contributed by atoms with Crippen molar-refractivity contribution in [2.45, 2.75) is 18.7 Å². The highest BCUT2D eigenvalue weighted by Crippen LogP contribution is 2.20. The van der Waals surface area contributed by atoms with Crippen LogP contribution in [0, 0.1) is 0 Å². The van der Waals surface area contributed by atoms with Crippen LogP contribution in [0.1, 0.15) is 18.1 Å². The van der Waals surface area contributed by atoms with Crippen LogP contribution in [-0.2, 0) is 11.8 Å². The molecule has 0 amide bonds. The third kappa shape index (κ3) is 2.31. The van der Waals surface area contributed by atoms with Crippen LogP contribution >= 0.6 is 31.9 Å². The van der Waals surface area contributed by atoms with Crippen molar-refractivity contribution < 1.29 is 0 Å². The molecule has 0 fully saturated rings. The van der Waals surface area contributed by atoms with E-state index in [-0.39, 0.29) is 0 Å². The maximum absolute atomic E-state index is 3.52. The van der Waals surface area contributed by atoms with Crippen LogP contribution in [0.5, 0.6) is 0 Å². The van der Waals surface area contributed by atoms with Gasteiger partial charge in [0.25, 0.3) is 0 Å². The van der Waals surface area contributed by atoms with Crippen molar-refractivity contribution in [1.29, 1.82) is 0 Å². The van der Waals surface area contributed by atoms with E-state index >= 15 is 0 Å². The summed E-state index contributed by atoms with van der Waals surface area (Å²) in [7, 11) is 0. The first-order chi connectivity index (χ1) is 5.27. The van der Waals surface area contributed by atoms with Gasteiger partial charge in [-0.1, -0.05) is 50.9 Å². The van der Waals surface area contributed by atoms with E-state index in [1.54, 1.807) is 0 Å². The molecular formula is C9H10Br2. The first kappa shape index (κ1) is 9.27. The van der Waals surface area contributed by atoms with Crippen LogP contribution in [0.2, 0.25) is 0 Å². The van der Waals surface area contributed by atoms with Gasteiger partial charge >= 0.3 is 0 Å². The zero-order valence-electron chi connectivity index (χ0n) is 6.40. The van der Waals surface area contributed by atoms with Crippen molar-refractivity contribution in [2.24, 2.45) is 0 Å². The Balaban J connectivity index is 2.99. The van der Waals surface area contributed by atoms with E-state index in [1.165, 1.54) is 15.6 Å². The first-order valence-corrected chi connectivity index (χ1v) is 5.52. The zero-order chi connectivity index (χ0) is 8.27. The van der Waals surface area contributed by atoms with E-state index in [0.717, 1.165) is 11.8 Å². The fourth-order valence-corrected chi connectivity index (χ4v) is 2.35. The van der Waals surface area contributed by atoms with Gasteiger partial charge in [0.05, 0.1) is 0 Å². The maximum atomic E-state index is 3.52. The van der Waals surface area contributed by atoms with E-state index in [1.807, 2.05) is 0 Å². The molecule has 0 aliphatic heterocycles. The molecular weight excluding hydrogens is 268 g/mol. The van der Waals surface area contributed by atoms with Crippen LogP contribution in [0.15, 0.2) is 22.7 Å². The van der Waals surface area contributed by atoms with Gasteiger partial charge in [0, 0.05) is 9.80 Å². The Morgan fingerprint density at radius 1 is 1.36 bits per heavy atom. The zero-order valence-corrected chi connectivity index (χ0v) is 9.57. The van der Waals surface area contributed by atoms with Crippen molar-refractivity contribution in [3.63, 3.8) is 0 Å². The summed E-state index contributed by atoms with van der Waals surface area (Å²) in [4.78, 5) is 0. The number of hydrogen-bond acceptors (Lipinski definition) is 0. The fraction of sp³-hybridized carbons (Fsp3) is 0.333. The molecule has 0 bridgehead atoms. The summed E-state index contributed by atoms with van der Waals surface area (Å²) in [5.41, 5.74) is 2.68. The molecule has 0 atom stereocenters. The molecule has 1 rings (SSSR count). The number of halogens is 2. The predicted molar refractivity (Wildman–Crippen MR) is 56.2 cm³/mol. The minimum atomic E-state index is 0.914. The molecule has 2 heteroatoms. The van der Waals surface area contributed by atoms with Crippen LogP contribution in [0.25, 0.3) is 0 Å². The average Bonchev–Trinajstić information content (AvgIpc) is 2.04. The van der Waals surface area contributed by atoms with Gasteiger partial charge in [0.2, 0.25) is 0 Å². The second-order valence-electron chi connectivity index (χ2n) is 2.41. The van der Waals surface area contributed by atoms with Gasteiger partial charge in [0.15, 0.2) is 0 Å². The highest BCUT2D eigenvalue weighted by atomic mass is 79.9. The highest BCUT2D eigenvalue weighted by molar-refractivity contribution is 9.10. The molecule has 0 heterocycles. The van der Waals surface area contributed by atoms with E-state index in [9.17, 15) is 0 Å². The second kappa shape index (κ2) is 4.27. The summed E-state index contributed by atoms with van der Waals surface area (Å²) in [5.74, 6) is 0. The monoisotopic (exact) mass is 276 g/mol. The summed E-state index contributed by atoms with van der Waals surface area (Å²) >= 11 is 6.94. The quantitative estimate of drug-likeness (QED) is 0.719. The minimum Gasteiger partial charge on any atom is -0.0876 e. The molecule has 0 radical (unpaired) electrons. The second-order valence-corrected chi connectivity index (χ2v) is 3.83. The van der Waals surface area contributed by atoms with Crippen LogP contribution in [0.4, 0.5) is 0 Å². The standard InChI is InChI=1S/C9H10Br2/c1-2-7-3-4-8(6-10)9(11)5-7/h3-5H,2,6H2,1H3. The van der Waals surface area contributed by atoms with Crippen molar-refractivity contribution in [3.05, 3.63) is 33.8 Å². The molecule has 11 heavy (non-hydrogen) atoms. The molecule has 60 valence electrons. The molecule has 1 aromatic rings. The molecule has 0 saturated heterocycles. The van der Waals surface area contributed by atoms with Gasteiger partial charge in [-0.2, -0.15) is 0 Å². The van der Waals surface area contributed by atoms with Crippen molar-refractivity contribution in [3.8, 4) is 0 Å². The van der Waals surface area contributed by atoms with Crippen molar-refractivity contribution in [1.82, 2.24) is 0 Å². The van der Waals surface area contributed by atoms with Gasteiger partial charge in [0.1, 0.15) is 0 Å². The molecule has 0 aromatic heterocycles. The Morgan fingerprint density at radius 2 is 2.09 bits per heavy atom. The summed E-state index contributed by atoms with van der Waals surface area (Å²) in [6.45, 7) is 2.16. The smallest absolute Gasteiger partial charge is 0.0294 e. The molecule has 0 aliphatic rings. The Hall–Kier alpha value is 0.180. The summed E-state index contributed by atoms with van der Waals surface area (Å²) in [5, 5.41) is 0.914. The summed E-state index contributed by atoms with van der Waals surface area (Å²) < 4.78 is 1.20. The number of rotatable bonds is 2. The maximum Gasteiger partial charge on any atom is 0.0294 e. The lowest BCUT2D eigenvalue weighted by Crippen LogP contribution is -1.84. The molecule has 1 aromatic carbocycles. The van der Waals surface area contributed by atoms with Crippen LogP contribution < -0.4 is 0 Å². The van der Waals surface area contributed by atoms with Crippen molar-refractivity contribution >= 4 is 31.9 Å².